The largest absolute Gasteiger partial charge is 0.378 e. The zero-order chi connectivity index (χ0) is 12.1. The minimum absolute atomic E-state index is 0.157. The first-order valence-corrected chi connectivity index (χ1v) is 7.62. The van der Waals surface area contributed by atoms with E-state index in [2.05, 4.69) is 6.92 Å². The van der Waals surface area contributed by atoms with Crippen LogP contribution in [0.5, 0.6) is 0 Å². The van der Waals surface area contributed by atoms with Gasteiger partial charge in [0.15, 0.2) is 0 Å². The van der Waals surface area contributed by atoms with E-state index < -0.39 is 0 Å². The number of hydrogen-bond acceptors (Lipinski definition) is 2. The van der Waals surface area contributed by atoms with Gasteiger partial charge >= 0.3 is 0 Å². The van der Waals surface area contributed by atoms with E-state index >= 15 is 0 Å². The van der Waals surface area contributed by atoms with E-state index in [1.807, 2.05) is 0 Å². The zero-order valence-electron chi connectivity index (χ0n) is 11.4. The van der Waals surface area contributed by atoms with Gasteiger partial charge in [0.25, 0.3) is 0 Å². The predicted molar refractivity (Wildman–Crippen MR) is 72.0 cm³/mol. The second-order valence-corrected chi connectivity index (χ2v) is 6.24. The predicted octanol–water partition coefficient (Wildman–Crippen LogP) is 3.63. The molecular weight excluding hydrogens is 210 g/mol. The lowest BCUT2D eigenvalue weighted by Gasteiger charge is -2.37. The summed E-state index contributed by atoms with van der Waals surface area (Å²) in [5, 5.41) is 0. The standard InChI is InChI=1S/C15H29NO/c1-2-13-7-10-15(16,11-8-13)9-3-5-14-6-4-12-17-14/h13-14H,2-12,16H2,1H3. The fourth-order valence-corrected chi connectivity index (χ4v) is 3.46. The topological polar surface area (TPSA) is 35.2 Å². The highest BCUT2D eigenvalue weighted by Crippen LogP contribution is 2.35. The lowest BCUT2D eigenvalue weighted by atomic mass is 9.74. The van der Waals surface area contributed by atoms with Crippen molar-refractivity contribution in [1.29, 1.82) is 0 Å². The van der Waals surface area contributed by atoms with E-state index in [-0.39, 0.29) is 5.54 Å². The Hall–Kier alpha value is -0.0800. The summed E-state index contributed by atoms with van der Waals surface area (Å²) in [4.78, 5) is 0. The van der Waals surface area contributed by atoms with Crippen molar-refractivity contribution in [2.45, 2.75) is 82.8 Å². The average Bonchev–Trinajstić information content (AvgIpc) is 2.83. The van der Waals surface area contributed by atoms with Gasteiger partial charge in [0.2, 0.25) is 0 Å². The summed E-state index contributed by atoms with van der Waals surface area (Å²) in [5.41, 5.74) is 6.68. The molecule has 0 radical (unpaired) electrons. The highest BCUT2D eigenvalue weighted by Gasteiger charge is 2.30. The van der Waals surface area contributed by atoms with Crippen LogP contribution >= 0.6 is 0 Å². The van der Waals surface area contributed by atoms with Crippen LogP contribution in [-0.4, -0.2) is 18.2 Å². The molecule has 1 saturated heterocycles. The molecule has 1 heterocycles. The molecule has 0 aromatic carbocycles. The Morgan fingerprint density at radius 1 is 1.24 bits per heavy atom. The number of ether oxygens (including phenoxy) is 1. The molecule has 0 bridgehead atoms. The molecule has 0 aromatic rings. The molecule has 2 N–H and O–H groups in total. The smallest absolute Gasteiger partial charge is 0.0576 e. The molecule has 17 heavy (non-hydrogen) atoms. The quantitative estimate of drug-likeness (QED) is 0.795. The first kappa shape index (κ1) is 13.4. The van der Waals surface area contributed by atoms with Gasteiger partial charge < -0.3 is 10.5 Å². The Morgan fingerprint density at radius 3 is 2.59 bits per heavy atom. The summed E-state index contributed by atoms with van der Waals surface area (Å²) in [5.74, 6) is 0.949. The molecular formula is C15H29NO. The summed E-state index contributed by atoms with van der Waals surface area (Å²) in [7, 11) is 0. The summed E-state index contributed by atoms with van der Waals surface area (Å²) < 4.78 is 5.67. The van der Waals surface area contributed by atoms with Gasteiger partial charge in [-0.25, -0.2) is 0 Å². The van der Waals surface area contributed by atoms with Crippen LogP contribution in [0.1, 0.15) is 71.1 Å². The third-order valence-electron chi connectivity index (χ3n) is 4.90. The monoisotopic (exact) mass is 239 g/mol. The second kappa shape index (κ2) is 6.19. The van der Waals surface area contributed by atoms with Crippen LogP contribution in [0.15, 0.2) is 0 Å². The molecule has 2 nitrogen and oxygen atoms in total. The Labute approximate surface area is 106 Å². The minimum atomic E-state index is 0.157. The van der Waals surface area contributed by atoms with Gasteiger partial charge in [-0.15, -0.1) is 0 Å². The van der Waals surface area contributed by atoms with Gasteiger partial charge in [0.05, 0.1) is 6.10 Å². The molecule has 0 amide bonds. The van der Waals surface area contributed by atoms with E-state index in [0.717, 1.165) is 12.5 Å². The van der Waals surface area contributed by atoms with E-state index in [1.165, 1.54) is 64.2 Å². The third-order valence-corrected chi connectivity index (χ3v) is 4.90. The highest BCUT2D eigenvalue weighted by atomic mass is 16.5. The fraction of sp³-hybridized carbons (Fsp3) is 1.00. The van der Waals surface area contributed by atoms with Crippen molar-refractivity contribution in [2.75, 3.05) is 6.61 Å². The Kier molecular flexibility index (Phi) is 4.87. The fourth-order valence-electron chi connectivity index (χ4n) is 3.46. The summed E-state index contributed by atoms with van der Waals surface area (Å²) in [6.07, 6.45) is 13.3. The molecule has 2 heteroatoms. The molecule has 1 aliphatic carbocycles. The van der Waals surface area contributed by atoms with Crippen molar-refractivity contribution >= 4 is 0 Å². The van der Waals surface area contributed by atoms with E-state index in [4.69, 9.17) is 10.5 Å². The molecule has 1 atom stereocenters. The first-order chi connectivity index (χ1) is 8.22. The maximum atomic E-state index is 6.52. The molecule has 2 aliphatic rings. The summed E-state index contributed by atoms with van der Waals surface area (Å²) in [6, 6.07) is 0. The molecule has 1 aliphatic heterocycles. The minimum Gasteiger partial charge on any atom is -0.378 e. The van der Waals surface area contributed by atoms with Gasteiger partial charge in [0, 0.05) is 12.1 Å². The van der Waals surface area contributed by atoms with Gasteiger partial charge in [0.1, 0.15) is 0 Å². The summed E-state index contributed by atoms with van der Waals surface area (Å²) >= 11 is 0. The van der Waals surface area contributed by atoms with Crippen molar-refractivity contribution in [1.82, 2.24) is 0 Å². The van der Waals surface area contributed by atoms with Crippen LogP contribution in [0.3, 0.4) is 0 Å². The normalized spacial score (nSPS) is 38.5. The van der Waals surface area contributed by atoms with Gasteiger partial charge in [-0.05, 0) is 63.7 Å². The maximum absolute atomic E-state index is 6.52. The van der Waals surface area contributed by atoms with Crippen LogP contribution in [0.4, 0.5) is 0 Å². The van der Waals surface area contributed by atoms with Crippen LogP contribution in [0.2, 0.25) is 0 Å². The van der Waals surface area contributed by atoms with Crippen LogP contribution < -0.4 is 5.73 Å². The average molecular weight is 239 g/mol. The van der Waals surface area contributed by atoms with Crippen molar-refractivity contribution in [2.24, 2.45) is 11.7 Å². The summed E-state index contributed by atoms with van der Waals surface area (Å²) in [6.45, 7) is 3.29. The lowest BCUT2D eigenvalue weighted by molar-refractivity contribution is 0.0980. The third kappa shape index (κ3) is 3.96. The Morgan fingerprint density at radius 2 is 2.00 bits per heavy atom. The van der Waals surface area contributed by atoms with Gasteiger partial charge in [-0.1, -0.05) is 13.3 Å². The van der Waals surface area contributed by atoms with Crippen molar-refractivity contribution < 1.29 is 4.74 Å². The Bertz CT molecular complexity index is 215. The van der Waals surface area contributed by atoms with Gasteiger partial charge in [-0.2, -0.15) is 0 Å². The molecule has 100 valence electrons. The maximum Gasteiger partial charge on any atom is 0.0576 e. The number of hydrogen-bond donors (Lipinski definition) is 1. The lowest BCUT2D eigenvalue weighted by Crippen LogP contribution is -2.43. The van der Waals surface area contributed by atoms with Gasteiger partial charge in [-0.3, -0.25) is 0 Å². The number of rotatable bonds is 5. The second-order valence-electron chi connectivity index (χ2n) is 6.24. The zero-order valence-corrected chi connectivity index (χ0v) is 11.4. The van der Waals surface area contributed by atoms with E-state index in [0.29, 0.717) is 6.10 Å². The molecule has 2 fully saturated rings. The molecule has 1 saturated carbocycles. The van der Waals surface area contributed by atoms with Crippen LogP contribution in [0.25, 0.3) is 0 Å². The highest BCUT2D eigenvalue weighted by molar-refractivity contribution is 4.89. The SMILES string of the molecule is CCC1CCC(N)(CCCC2CCCO2)CC1. The first-order valence-electron chi connectivity index (χ1n) is 7.62. The van der Waals surface area contributed by atoms with E-state index in [1.54, 1.807) is 0 Å². The number of nitrogens with two attached hydrogens (primary N) is 1. The van der Waals surface area contributed by atoms with Crippen molar-refractivity contribution in [3.63, 3.8) is 0 Å². The molecule has 0 aromatic heterocycles. The molecule has 0 spiro atoms. The Balaban J connectivity index is 1.64. The van der Waals surface area contributed by atoms with Crippen LogP contribution in [0, 0.1) is 5.92 Å². The van der Waals surface area contributed by atoms with Crippen molar-refractivity contribution in [3.8, 4) is 0 Å². The van der Waals surface area contributed by atoms with E-state index in [9.17, 15) is 0 Å². The van der Waals surface area contributed by atoms with Crippen LogP contribution in [-0.2, 0) is 4.74 Å². The molecule has 1 unspecified atom stereocenters. The molecule has 2 rings (SSSR count). The van der Waals surface area contributed by atoms with Crippen molar-refractivity contribution in [3.05, 3.63) is 0 Å².